The molecule has 6 nitrogen and oxygen atoms in total. The zero-order valence-corrected chi connectivity index (χ0v) is 14.8. The molecule has 0 bridgehead atoms. The Morgan fingerprint density at radius 1 is 1.46 bits per heavy atom. The third-order valence-electron chi connectivity index (χ3n) is 5.87. The minimum Gasteiger partial charge on any atom is -0.391 e. The van der Waals surface area contributed by atoms with Crippen molar-refractivity contribution in [2.24, 2.45) is 0 Å². The van der Waals surface area contributed by atoms with Gasteiger partial charge in [-0.1, -0.05) is 19.8 Å². The van der Waals surface area contributed by atoms with Crippen molar-refractivity contribution in [1.82, 2.24) is 15.5 Å². The lowest BCUT2D eigenvalue weighted by molar-refractivity contribution is -0.134. The summed E-state index contributed by atoms with van der Waals surface area (Å²) in [6.45, 7) is 4.39. The molecule has 0 aromatic rings. The molecule has 1 aliphatic heterocycles. The minimum atomic E-state index is -0.548. The molecule has 0 radical (unpaired) electrons. The number of aliphatic hydroxyl groups excluding tert-OH is 1. The van der Waals surface area contributed by atoms with Crippen molar-refractivity contribution in [3.8, 4) is 0 Å². The van der Waals surface area contributed by atoms with E-state index < -0.39 is 11.6 Å². The molecule has 0 spiro atoms. The Morgan fingerprint density at radius 3 is 2.79 bits per heavy atom. The van der Waals surface area contributed by atoms with Crippen molar-refractivity contribution >= 4 is 11.6 Å². The standard InChI is InChI=1S/C18H28N4O2/c1-4-11-9-12-15(16(19)18(11,2)20-3)21-10-22(17(12)24)13-7-5-6-8-14(13)23/h9,13-14,19-21,23H,4-8,10H2,1-3H3/t13-,14-,18?/m0/s1. The average Bonchev–Trinajstić information content (AvgIpc) is 2.59. The van der Waals surface area contributed by atoms with Gasteiger partial charge in [0, 0.05) is 0 Å². The molecule has 1 saturated carbocycles. The molecule has 3 atom stereocenters. The molecule has 2 aliphatic carbocycles. The van der Waals surface area contributed by atoms with Gasteiger partial charge in [0.1, 0.15) is 0 Å². The number of carbonyl (C=O) groups excluding carboxylic acids is 1. The first-order valence-electron chi connectivity index (χ1n) is 8.90. The summed E-state index contributed by atoms with van der Waals surface area (Å²) in [4.78, 5) is 14.8. The largest absolute Gasteiger partial charge is 0.391 e. The highest BCUT2D eigenvalue weighted by atomic mass is 16.3. The zero-order chi connectivity index (χ0) is 17.5. The summed E-state index contributed by atoms with van der Waals surface area (Å²) in [5.74, 6) is -0.0662. The summed E-state index contributed by atoms with van der Waals surface area (Å²) in [5, 5.41) is 25.4. The molecule has 0 aromatic carbocycles. The van der Waals surface area contributed by atoms with E-state index in [1.54, 1.807) is 4.90 Å². The van der Waals surface area contributed by atoms with Crippen LogP contribution in [-0.4, -0.2) is 53.0 Å². The molecule has 3 aliphatic rings. The van der Waals surface area contributed by atoms with Crippen LogP contribution in [0.3, 0.4) is 0 Å². The Kier molecular flexibility index (Phi) is 4.53. The van der Waals surface area contributed by atoms with Gasteiger partial charge in [0.05, 0.1) is 41.3 Å². The quantitative estimate of drug-likeness (QED) is 0.627. The Bertz CT molecular complexity index is 625. The smallest absolute Gasteiger partial charge is 0.257 e. The monoisotopic (exact) mass is 332 g/mol. The van der Waals surface area contributed by atoms with Gasteiger partial charge in [0.2, 0.25) is 0 Å². The number of carbonyl (C=O) groups is 1. The molecule has 1 fully saturated rings. The molecular formula is C18H28N4O2. The summed E-state index contributed by atoms with van der Waals surface area (Å²) in [6, 6.07) is -0.127. The number of amides is 1. The van der Waals surface area contributed by atoms with Crippen LogP contribution in [0.2, 0.25) is 0 Å². The third kappa shape index (κ3) is 2.48. The minimum absolute atomic E-state index is 0.0662. The summed E-state index contributed by atoms with van der Waals surface area (Å²) in [6.07, 6.45) is 5.91. The van der Waals surface area contributed by atoms with Crippen LogP contribution < -0.4 is 10.6 Å². The van der Waals surface area contributed by atoms with E-state index in [0.29, 0.717) is 23.7 Å². The Balaban J connectivity index is 1.95. The van der Waals surface area contributed by atoms with Crippen molar-refractivity contribution in [3.05, 3.63) is 22.9 Å². The topological polar surface area (TPSA) is 88.5 Å². The second kappa shape index (κ2) is 6.33. The maximum absolute atomic E-state index is 13.1. The first-order valence-corrected chi connectivity index (χ1v) is 8.90. The van der Waals surface area contributed by atoms with Gasteiger partial charge < -0.3 is 26.0 Å². The molecule has 24 heavy (non-hydrogen) atoms. The van der Waals surface area contributed by atoms with Crippen LogP contribution in [0.15, 0.2) is 22.9 Å². The van der Waals surface area contributed by atoms with E-state index in [0.717, 1.165) is 37.7 Å². The number of rotatable bonds is 3. The molecular weight excluding hydrogens is 304 g/mol. The SMILES string of the molecule is CCC1=CC2=C(NCN([C@H]3CCCC[C@@H]3O)C2=O)C(=N)C1(C)NC. The van der Waals surface area contributed by atoms with E-state index in [1.807, 2.05) is 27.0 Å². The second-order valence-electron chi connectivity index (χ2n) is 7.09. The van der Waals surface area contributed by atoms with E-state index in [-0.39, 0.29) is 11.9 Å². The fourth-order valence-corrected chi connectivity index (χ4v) is 4.14. The van der Waals surface area contributed by atoms with Crippen molar-refractivity contribution in [2.45, 2.75) is 63.6 Å². The Morgan fingerprint density at radius 2 is 2.17 bits per heavy atom. The summed E-state index contributed by atoms with van der Waals surface area (Å²) >= 11 is 0. The van der Waals surface area contributed by atoms with Crippen molar-refractivity contribution in [2.75, 3.05) is 13.7 Å². The number of nitrogens with zero attached hydrogens (tertiary/aromatic N) is 1. The highest BCUT2D eigenvalue weighted by Crippen LogP contribution is 2.34. The molecule has 3 rings (SSSR count). The van der Waals surface area contributed by atoms with Gasteiger partial charge in [-0.2, -0.15) is 0 Å². The second-order valence-corrected chi connectivity index (χ2v) is 7.09. The van der Waals surface area contributed by atoms with Crippen molar-refractivity contribution in [3.63, 3.8) is 0 Å². The molecule has 6 heteroatoms. The predicted molar refractivity (Wildman–Crippen MR) is 93.7 cm³/mol. The number of aliphatic hydroxyl groups is 1. The summed E-state index contributed by atoms with van der Waals surface area (Å²) in [7, 11) is 1.85. The van der Waals surface area contributed by atoms with Crippen molar-refractivity contribution < 1.29 is 9.90 Å². The Labute approximate surface area is 143 Å². The molecule has 4 N–H and O–H groups in total. The summed E-state index contributed by atoms with van der Waals surface area (Å²) in [5.41, 5.74) is 2.09. The van der Waals surface area contributed by atoms with Crippen LogP contribution in [0, 0.1) is 5.41 Å². The first-order chi connectivity index (χ1) is 11.4. The molecule has 0 saturated heterocycles. The lowest BCUT2D eigenvalue weighted by atomic mass is 9.77. The highest BCUT2D eigenvalue weighted by molar-refractivity contribution is 6.15. The van der Waals surface area contributed by atoms with Gasteiger partial charge in [0.15, 0.2) is 0 Å². The normalized spacial score (nSPS) is 34.0. The van der Waals surface area contributed by atoms with E-state index in [4.69, 9.17) is 5.41 Å². The lowest BCUT2D eigenvalue weighted by Gasteiger charge is -2.44. The van der Waals surface area contributed by atoms with Gasteiger partial charge >= 0.3 is 0 Å². The van der Waals surface area contributed by atoms with E-state index in [1.165, 1.54) is 0 Å². The molecule has 1 unspecified atom stereocenters. The van der Waals surface area contributed by atoms with Gasteiger partial charge in [-0.05, 0) is 44.9 Å². The number of likely N-dealkylation sites (N-methyl/N-ethyl adjacent to an activating group) is 1. The third-order valence-corrected chi connectivity index (χ3v) is 5.87. The molecule has 1 amide bonds. The van der Waals surface area contributed by atoms with Gasteiger partial charge in [-0.3, -0.25) is 4.79 Å². The van der Waals surface area contributed by atoms with E-state index >= 15 is 0 Å². The van der Waals surface area contributed by atoms with Gasteiger partial charge in [-0.15, -0.1) is 0 Å². The lowest BCUT2D eigenvalue weighted by Crippen LogP contribution is -2.60. The maximum Gasteiger partial charge on any atom is 0.257 e. The molecule has 1 heterocycles. The van der Waals surface area contributed by atoms with Gasteiger partial charge in [-0.25, -0.2) is 0 Å². The fraction of sp³-hybridized carbons (Fsp3) is 0.667. The van der Waals surface area contributed by atoms with E-state index in [2.05, 4.69) is 10.6 Å². The maximum atomic E-state index is 13.1. The molecule has 0 aromatic heterocycles. The van der Waals surface area contributed by atoms with Crippen LogP contribution in [0.25, 0.3) is 0 Å². The predicted octanol–water partition coefficient (Wildman–Crippen LogP) is 1.28. The Hall–Kier alpha value is -1.66. The summed E-state index contributed by atoms with van der Waals surface area (Å²) < 4.78 is 0. The van der Waals surface area contributed by atoms with Gasteiger partial charge in [0.25, 0.3) is 5.91 Å². The number of hydrogen-bond acceptors (Lipinski definition) is 5. The van der Waals surface area contributed by atoms with Crippen LogP contribution in [0.4, 0.5) is 0 Å². The number of hydrogen-bond donors (Lipinski definition) is 4. The van der Waals surface area contributed by atoms with Crippen LogP contribution in [0.1, 0.15) is 46.0 Å². The first kappa shape index (κ1) is 17.2. The van der Waals surface area contributed by atoms with E-state index in [9.17, 15) is 9.90 Å². The zero-order valence-electron chi connectivity index (χ0n) is 14.8. The fourth-order valence-electron chi connectivity index (χ4n) is 4.14. The number of nitrogens with one attached hydrogen (secondary N) is 3. The average molecular weight is 332 g/mol. The van der Waals surface area contributed by atoms with Crippen LogP contribution in [-0.2, 0) is 4.79 Å². The van der Waals surface area contributed by atoms with Crippen LogP contribution in [0.5, 0.6) is 0 Å². The van der Waals surface area contributed by atoms with Crippen LogP contribution >= 0.6 is 0 Å². The highest BCUT2D eigenvalue weighted by Gasteiger charge is 2.43. The molecule has 132 valence electrons. The van der Waals surface area contributed by atoms with Crippen molar-refractivity contribution in [1.29, 1.82) is 5.41 Å².